The maximum absolute atomic E-state index is 12.9. The number of sulfonamides is 2. The number of hydrogen-bond donors (Lipinski definition) is 3. The van der Waals surface area contributed by atoms with Gasteiger partial charge in [0.2, 0.25) is 5.95 Å². The number of para-hydroxylation sites is 1. The summed E-state index contributed by atoms with van der Waals surface area (Å²) in [6, 6.07) is 20.0. The summed E-state index contributed by atoms with van der Waals surface area (Å²) in [5, 5.41) is 2.66. The van der Waals surface area contributed by atoms with Gasteiger partial charge in [0, 0.05) is 28.3 Å². The first-order valence-electron chi connectivity index (χ1n) is 11.4. The summed E-state index contributed by atoms with van der Waals surface area (Å²) >= 11 is 0. The van der Waals surface area contributed by atoms with E-state index in [1.807, 2.05) is 0 Å². The molecule has 3 N–H and O–H groups in total. The molecule has 0 fully saturated rings. The molecule has 1 heterocycles. The number of hydrogen-bond acceptors (Lipinski definition) is 7. The van der Waals surface area contributed by atoms with Gasteiger partial charge in [0.15, 0.2) is 0 Å². The zero-order chi connectivity index (χ0) is 27.5. The van der Waals surface area contributed by atoms with Crippen LogP contribution >= 0.6 is 0 Å². The molecule has 0 radical (unpaired) electrons. The van der Waals surface area contributed by atoms with Crippen LogP contribution < -0.4 is 14.8 Å². The smallest absolute Gasteiger partial charge is 0.264 e. The van der Waals surface area contributed by atoms with Gasteiger partial charge in [-0.15, -0.1) is 0 Å². The van der Waals surface area contributed by atoms with Gasteiger partial charge in [0.25, 0.3) is 26.0 Å². The Morgan fingerprint density at radius 3 is 1.95 bits per heavy atom. The second-order valence-electron chi connectivity index (χ2n) is 8.51. The molecule has 0 unspecified atom stereocenters. The Kier molecular flexibility index (Phi) is 7.46. The molecule has 0 saturated heterocycles. The highest BCUT2D eigenvalue weighted by Crippen LogP contribution is 2.22. The number of aromatic nitrogens is 2. The van der Waals surface area contributed by atoms with E-state index in [-0.39, 0.29) is 21.3 Å². The van der Waals surface area contributed by atoms with Crippen LogP contribution in [0, 0.1) is 20.8 Å². The standard InChI is InChI=1S/C26H25N5O5S2/c1-17-9-10-20(16-24(17)38(35,36)30-22-7-5-4-6-8-22)25(32)29-21-11-13-23(14-12-21)37(33,34)31-26-27-18(2)15-19(3)28-26/h4-16,30H,1-3H3,(H,29,32)(H,27,28,31). The highest BCUT2D eigenvalue weighted by atomic mass is 32.2. The van der Waals surface area contributed by atoms with Crippen molar-refractivity contribution in [2.75, 3.05) is 14.8 Å². The fraction of sp³-hybridized carbons (Fsp3) is 0.115. The van der Waals surface area contributed by atoms with Gasteiger partial charge in [-0.3, -0.25) is 9.52 Å². The normalized spacial score (nSPS) is 11.6. The lowest BCUT2D eigenvalue weighted by atomic mass is 10.1. The molecule has 196 valence electrons. The summed E-state index contributed by atoms with van der Waals surface area (Å²) in [7, 11) is -7.90. The summed E-state index contributed by atoms with van der Waals surface area (Å²) < 4.78 is 56.2. The number of nitrogens with one attached hydrogen (secondary N) is 3. The molecule has 0 atom stereocenters. The third kappa shape index (κ3) is 6.33. The minimum absolute atomic E-state index is 0.0323. The molecule has 0 aliphatic heterocycles. The number of rotatable bonds is 8. The van der Waals surface area contributed by atoms with Crippen molar-refractivity contribution in [3.63, 3.8) is 0 Å². The maximum Gasteiger partial charge on any atom is 0.264 e. The fourth-order valence-corrected chi connectivity index (χ4v) is 5.89. The Labute approximate surface area is 221 Å². The highest BCUT2D eigenvalue weighted by molar-refractivity contribution is 7.93. The first-order valence-corrected chi connectivity index (χ1v) is 14.3. The molecule has 0 spiro atoms. The molecule has 3 aromatic carbocycles. The molecule has 4 aromatic rings. The lowest BCUT2D eigenvalue weighted by Gasteiger charge is -2.12. The van der Waals surface area contributed by atoms with Gasteiger partial charge >= 0.3 is 0 Å². The SMILES string of the molecule is Cc1cc(C)nc(NS(=O)(=O)c2ccc(NC(=O)c3ccc(C)c(S(=O)(=O)Nc4ccccc4)c3)cc2)n1. The topological polar surface area (TPSA) is 147 Å². The van der Waals surface area contributed by atoms with Crippen molar-refractivity contribution >= 4 is 43.3 Å². The van der Waals surface area contributed by atoms with Crippen LogP contribution in [0.15, 0.2) is 88.7 Å². The van der Waals surface area contributed by atoms with Crippen molar-refractivity contribution in [1.82, 2.24) is 9.97 Å². The number of benzene rings is 3. The van der Waals surface area contributed by atoms with Crippen LogP contribution in [0.5, 0.6) is 0 Å². The summed E-state index contributed by atoms with van der Waals surface area (Å²) in [6.45, 7) is 5.10. The average Bonchev–Trinajstić information content (AvgIpc) is 2.84. The van der Waals surface area contributed by atoms with Crippen molar-refractivity contribution in [3.05, 3.63) is 101 Å². The van der Waals surface area contributed by atoms with E-state index in [0.29, 0.717) is 28.3 Å². The van der Waals surface area contributed by atoms with Gasteiger partial charge < -0.3 is 5.32 Å². The summed E-state index contributed by atoms with van der Waals surface area (Å²) in [5.74, 6) is -0.592. The Morgan fingerprint density at radius 2 is 1.32 bits per heavy atom. The van der Waals surface area contributed by atoms with Crippen molar-refractivity contribution in [1.29, 1.82) is 0 Å². The van der Waals surface area contributed by atoms with E-state index in [1.165, 1.54) is 36.4 Å². The van der Waals surface area contributed by atoms with Gasteiger partial charge in [0.1, 0.15) is 0 Å². The molecular formula is C26H25N5O5S2. The lowest BCUT2D eigenvalue weighted by molar-refractivity contribution is 0.102. The Morgan fingerprint density at radius 1 is 0.684 bits per heavy atom. The monoisotopic (exact) mass is 551 g/mol. The van der Waals surface area contributed by atoms with Crippen molar-refractivity contribution in [2.45, 2.75) is 30.6 Å². The van der Waals surface area contributed by atoms with Gasteiger partial charge in [0.05, 0.1) is 9.79 Å². The number of carbonyl (C=O) groups excluding carboxylic acids is 1. The Hall–Kier alpha value is -4.29. The highest BCUT2D eigenvalue weighted by Gasteiger charge is 2.20. The van der Waals surface area contributed by atoms with Gasteiger partial charge in [-0.1, -0.05) is 24.3 Å². The van der Waals surface area contributed by atoms with Crippen LogP contribution in [0.2, 0.25) is 0 Å². The van der Waals surface area contributed by atoms with E-state index in [2.05, 4.69) is 24.7 Å². The number of amides is 1. The molecule has 0 aliphatic carbocycles. The number of anilines is 3. The summed E-state index contributed by atoms with van der Waals surface area (Å²) in [5.41, 5.74) is 2.56. The summed E-state index contributed by atoms with van der Waals surface area (Å²) in [6.07, 6.45) is 0. The lowest BCUT2D eigenvalue weighted by Crippen LogP contribution is -2.17. The van der Waals surface area contributed by atoms with E-state index in [0.717, 1.165) is 0 Å². The van der Waals surface area contributed by atoms with Crippen LogP contribution in [0.4, 0.5) is 17.3 Å². The van der Waals surface area contributed by atoms with Crippen molar-refractivity contribution in [3.8, 4) is 0 Å². The van der Waals surface area contributed by atoms with Crippen LogP contribution in [-0.2, 0) is 20.0 Å². The van der Waals surface area contributed by atoms with Crippen LogP contribution in [0.25, 0.3) is 0 Å². The van der Waals surface area contributed by atoms with Crippen molar-refractivity contribution in [2.24, 2.45) is 0 Å². The number of nitrogens with zero attached hydrogens (tertiary/aromatic N) is 2. The first-order chi connectivity index (χ1) is 17.9. The zero-order valence-corrected chi connectivity index (χ0v) is 22.4. The Bertz CT molecular complexity index is 1690. The van der Waals surface area contributed by atoms with E-state index in [9.17, 15) is 21.6 Å². The van der Waals surface area contributed by atoms with Gasteiger partial charge in [-0.2, -0.15) is 0 Å². The molecule has 0 aliphatic rings. The van der Waals surface area contributed by atoms with E-state index in [4.69, 9.17) is 0 Å². The third-order valence-corrected chi connectivity index (χ3v) is 8.26. The van der Waals surface area contributed by atoms with Crippen LogP contribution in [-0.4, -0.2) is 32.7 Å². The van der Waals surface area contributed by atoms with Crippen molar-refractivity contribution < 1.29 is 21.6 Å². The molecule has 0 saturated carbocycles. The molecule has 1 aromatic heterocycles. The predicted molar refractivity (Wildman–Crippen MR) is 145 cm³/mol. The molecule has 1 amide bonds. The molecule has 10 nitrogen and oxygen atoms in total. The third-order valence-electron chi connectivity index (χ3n) is 5.40. The molecule has 4 rings (SSSR count). The zero-order valence-electron chi connectivity index (χ0n) is 20.8. The quantitative estimate of drug-likeness (QED) is 0.296. The summed E-state index contributed by atoms with van der Waals surface area (Å²) in [4.78, 5) is 21.0. The van der Waals surface area contributed by atoms with Crippen LogP contribution in [0.1, 0.15) is 27.3 Å². The minimum atomic E-state index is -3.96. The number of carbonyl (C=O) groups is 1. The second-order valence-corrected chi connectivity index (χ2v) is 11.8. The van der Waals surface area contributed by atoms with Gasteiger partial charge in [-0.05, 0) is 80.9 Å². The minimum Gasteiger partial charge on any atom is -0.322 e. The largest absolute Gasteiger partial charge is 0.322 e. The van der Waals surface area contributed by atoms with E-state index in [1.54, 1.807) is 63.2 Å². The maximum atomic E-state index is 12.9. The van der Waals surface area contributed by atoms with E-state index < -0.39 is 26.0 Å². The average molecular weight is 552 g/mol. The van der Waals surface area contributed by atoms with Crippen LogP contribution in [0.3, 0.4) is 0 Å². The molecule has 12 heteroatoms. The van der Waals surface area contributed by atoms with Gasteiger partial charge in [-0.25, -0.2) is 31.5 Å². The Balaban J connectivity index is 1.50. The fourth-order valence-electron chi connectivity index (χ4n) is 3.62. The van der Waals surface area contributed by atoms with E-state index >= 15 is 0 Å². The first kappa shape index (κ1) is 26.8. The molecule has 38 heavy (non-hydrogen) atoms. The second kappa shape index (κ2) is 10.6. The molecule has 0 bridgehead atoms. The predicted octanol–water partition coefficient (Wildman–Crippen LogP) is 4.26. The number of aryl methyl sites for hydroxylation is 3. The molecular weight excluding hydrogens is 526 g/mol.